The Morgan fingerprint density at radius 2 is 2.00 bits per heavy atom. The third kappa shape index (κ3) is 2.09. The molecule has 1 aromatic rings. The highest BCUT2D eigenvalue weighted by Crippen LogP contribution is 2.62. The molecule has 5 heteroatoms. The van der Waals surface area contributed by atoms with Crippen molar-refractivity contribution < 1.29 is 0 Å². The predicted octanol–water partition coefficient (Wildman–Crippen LogP) is 0.761. The van der Waals surface area contributed by atoms with E-state index in [4.69, 9.17) is 5.73 Å². The summed E-state index contributed by atoms with van der Waals surface area (Å²) in [6, 6.07) is 0.590. The molecule has 17 heavy (non-hydrogen) atoms. The van der Waals surface area contributed by atoms with E-state index in [2.05, 4.69) is 43.3 Å². The van der Waals surface area contributed by atoms with Crippen molar-refractivity contribution in [3.05, 3.63) is 11.9 Å². The van der Waals surface area contributed by atoms with E-state index in [0.717, 1.165) is 18.8 Å². The second-order valence-electron chi connectivity index (χ2n) is 6.01. The molecule has 1 saturated carbocycles. The van der Waals surface area contributed by atoms with Gasteiger partial charge in [0.15, 0.2) is 0 Å². The molecule has 0 atom stereocenters. The quantitative estimate of drug-likeness (QED) is 0.793. The van der Waals surface area contributed by atoms with Crippen molar-refractivity contribution in [2.45, 2.75) is 46.8 Å². The fourth-order valence-electron chi connectivity index (χ4n) is 2.57. The van der Waals surface area contributed by atoms with Gasteiger partial charge in [-0.25, -0.2) is 0 Å². The molecule has 0 amide bonds. The summed E-state index contributed by atoms with van der Waals surface area (Å²) in [4.78, 5) is 0. The lowest BCUT2D eigenvalue weighted by Crippen LogP contribution is -2.26. The summed E-state index contributed by atoms with van der Waals surface area (Å²) in [6.45, 7) is 11.5. The summed E-state index contributed by atoms with van der Waals surface area (Å²) >= 11 is 0. The Hall–Kier alpha value is -0.940. The van der Waals surface area contributed by atoms with Gasteiger partial charge in [-0.05, 0) is 10.8 Å². The molecule has 0 bridgehead atoms. The molecule has 96 valence electrons. The van der Waals surface area contributed by atoms with Gasteiger partial charge in [-0.1, -0.05) is 32.9 Å². The maximum absolute atomic E-state index is 5.49. The first-order chi connectivity index (χ1) is 7.89. The standard InChI is InChI=1S/C12H23N5/c1-11(2)10(12(11,3)4)14-5-6-17-8-9(7-13)15-16-17/h8,10,14H,5-7,13H2,1-4H3. The molecule has 0 spiro atoms. The minimum Gasteiger partial charge on any atom is -0.325 e. The summed E-state index contributed by atoms with van der Waals surface area (Å²) in [5, 5.41) is 11.6. The molecule has 2 rings (SSSR count). The van der Waals surface area contributed by atoms with Crippen LogP contribution in [-0.4, -0.2) is 27.6 Å². The number of rotatable bonds is 5. The summed E-state index contributed by atoms with van der Waals surface area (Å²) in [5.41, 5.74) is 7.11. The van der Waals surface area contributed by atoms with Gasteiger partial charge in [-0.15, -0.1) is 5.10 Å². The van der Waals surface area contributed by atoms with E-state index in [0.29, 0.717) is 23.4 Å². The number of hydrogen-bond acceptors (Lipinski definition) is 4. The topological polar surface area (TPSA) is 68.8 Å². The molecular weight excluding hydrogens is 214 g/mol. The molecule has 1 aliphatic rings. The molecule has 0 aliphatic heterocycles. The Labute approximate surface area is 103 Å². The van der Waals surface area contributed by atoms with Crippen LogP contribution in [0.15, 0.2) is 6.20 Å². The Morgan fingerprint density at radius 1 is 1.35 bits per heavy atom. The second kappa shape index (κ2) is 4.07. The summed E-state index contributed by atoms with van der Waals surface area (Å²) < 4.78 is 1.84. The summed E-state index contributed by atoms with van der Waals surface area (Å²) in [6.07, 6.45) is 1.91. The van der Waals surface area contributed by atoms with Gasteiger partial charge in [-0.2, -0.15) is 0 Å². The Kier molecular flexibility index (Phi) is 2.99. The zero-order chi connectivity index (χ0) is 12.7. The van der Waals surface area contributed by atoms with Crippen LogP contribution < -0.4 is 11.1 Å². The molecule has 0 unspecified atom stereocenters. The zero-order valence-electron chi connectivity index (χ0n) is 11.2. The van der Waals surface area contributed by atoms with Crippen molar-refractivity contribution in [1.82, 2.24) is 20.3 Å². The minimum absolute atomic E-state index is 0.387. The van der Waals surface area contributed by atoms with E-state index >= 15 is 0 Å². The summed E-state index contributed by atoms with van der Waals surface area (Å²) in [7, 11) is 0. The molecule has 1 fully saturated rings. The smallest absolute Gasteiger partial charge is 0.0962 e. The SMILES string of the molecule is CC1(C)C(NCCn2cc(CN)nn2)C1(C)C. The maximum atomic E-state index is 5.49. The van der Waals surface area contributed by atoms with Crippen LogP contribution in [-0.2, 0) is 13.1 Å². The van der Waals surface area contributed by atoms with Crippen LogP contribution in [0.4, 0.5) is 0 Å². The minimum atomic E-state index is 0.387. The highest BCUT2D eigenvalue weighted by molar-refractivity contribution is 5.17. The lowest BCUT2D eigenvalue weighted by Gasteiger charge is -2.05. The van der Waals surface area contributed by atoms with Gasteiger partial charge in [-0.3, -0.25) is 4.68 Å². The van der Waals surface area contributed by atoms with Gasteiger partial charge in [0, 0.05) is 25.3 Å². The number of nitrogens with zero attached hydrogens (tertiary/aromatic N) is 3. The molecule has 0 radical (unpaired) electrons. The Bertz CT molecular complexity index is 379. The van der Waals surface area contributed by atoms with E-state index in [1.54, 1.807) is 0 Å². The molecule has 0 saturated heterocycles. The fourth-order valence-corrected chi connectivity index (χ4v) is 2.57. The van der Waals surface area contributed by atoms with Gasteiger partial charge in [0.2, 0.25) is 0 Å². The van der Waals surface area contributed by atoms with Gasteiger partial charge in [0.25, 0.3) is 0 Å². The zero-order valence-corrected chi connectivity index (χ0v) is 11.2. The van der Waals surface area contributed by atoms with Gasteiger partial charge < -0.3 is 11.1 Å². The van der Waals surface area contributed by atoms with Crippen molar-refractivity contribution in [3.8, 4) is 0 Å². The number of nitrogens with two attached hydrogens (primary N) is 1. The lowest BCUT2D eigenvalue weighted by atomic mass is 10.0. The Balaban J connectivity index is 1.78. The molecule has 1 aromatic heterocycles. The van der Waals surface area contributed by atoms with Crippen LogP contribution >= 0.6 is 0 Å². The first-order valence-corrected chi connectivity index (χ1v) is 6.22. The van der Waals surface area contributed by atoms with Crippen LogP contribution in [0.1, 0.15) is 33.4 Å². The molecule has 0 aromatic carbocycles. The third-order valence-electron chi connectivity index (χ3n) is 4.51. The van der Waals surface area contributed by atoms with Crippen molar-refractivity contribution >= 4 is 0 Å². The van der Waals surface area contributed by atoms with E-state index in [9.17, 15) is 0 Å². The van der Waals surface area contributed by atoms with E-state index in [-0.39, 0.29) is 0 Å². The van der Waals surface area contributed by atoms with Crippen LogP contribution in [0.5, 0.6) is 0 Å². The van der Waals surface area contributed by atoms with Crippen molar-refractivity contribution in [2.24, 2.45) is 16.6 Å². The van der Waals surface area contributed by atoms with Crippen molar-refractivity contribution in [2.75, 3.05) is 6.54 Å². The summed E-state index contributed by atoms with van der Waals surface area (Å²) in [5.74, 6) is 0. The number of nitrogens with one attached hydrogen (secondary N) is 1. The van der Waals surface area contributed by atoms with Crippen LogP contribution in [0.2, 0.25) is 0 Å². The van der Waals surface area contributed by atoms with E-state index in [1.165, 1.54) is 0 Å². The highest BCUT2D eigenvalue weighted by atomic mass is 15.4. The number of hydrogen-bond donors (Lipinski definition) is 2. The molecule has 3 N–H and O–H groups in total. The first kappa shape index (κ1) is 12.5. The van der Waals surface area contributed by atoms with Crippen molar-refractivity contribution in [1.29, 1.82) is 0 Å². The molecule has 5 nitrogen and oxygen atoms in total. The lowest BCUT2D eigenvalue weighted by molar-refractivity contribution is 0.457. The molecule has 1 aliphatic carbocycles. The second-order valence-corrected chi connectivity index (χ2v) is 6.01. The molecule has 1 heterocycles. The largest absolute Gasteiger partial charge is 0.325 e. The predicted molar refractivity (Wildman–Crippen MR) is 67.3 cm³/mol. The number of aromatic nitrogens is 3. The van der Waals surface area contributed by atoms with Crippen LogP contribution in [0, 0.1) is 10.8 Å². The van der Waals surface area contributed by atoms with Crippen molar-refractivity contribution in [3.63, 3.8) is 0 Å². The third-order valence-corrected chi connectivity index (χ3v) is 4.51. The van der Waals surface area contributed by atoms with E-state index in [1.807, 2.05) is 10.9 Å². The maximum Gasteiger partial charge on any atom is 0.0962 e. The van der Waals surface area contributed by atoms with Gasteiger partial charge in [0.05, 0.1) is 12.2 Å². The normalized spacial score (nSPS) is 21.7. The average Bonchev–Trinajstić information content (AvgIpc) is 2.64. The monoisotopic (exact) mass is 237 g/mol. The highest BCUT2D eigenvalue weighted by Gasteiger charge is 2.64. The Morgan fingerprint density at radius 3 is 2.47 bits per heavy atom. The van der Waals surface area contributed by atoms with Gasteiger partial charge >= 0.3 is 0 Å². The van der Waals surface area contributed by atoms with Gasteiger partial charge in [0.1, 0.15) is 0 Å². The fraction of sp³-hybridized carbons (Fsp3) is 0.833. The average molecular weight is 237 g/mol. The first-order valence-electron chi connectivity index (χ1n) is 6.22. The van der Waals surface area contributed by atoms with E-state index < -0.39 is 0 Å². The van der Waals surface area contributed by atoms with Crippen LogP contribution in [0.3, 0.4) is 0 Å². The van der Waals surface area contributed by atoms with Crippen LogP contribution in [0.25, 0.3) is 0 Å². The molecular formula is C12H23N5.